The van der Waals surface area contributed by atoms with Crippen LogP contribution in [0.3, 0.4) is 0 Å². The number of hydrogen-bond acceptors (Lipinski definition) is 7. The van der Waals surface area contributed by atoms with Crippen molar-refractivity contribution < 1.29 is 17.9 Å². The highest BCUT2D eigenvalue weighted by Gasteiger charge is 2.32. The van der Waals surface area contributed by atoms with E-state index in [1.54, 1.807) is 26.2 Å². The Hall–Kier alpha value is -3.86. The van der Waals surface area contributed by atoms with Gasteiger partial charge in [0.05, 0.1) is 23.2 Å². The van der Waals surface area contributed by atoms with Gasteiger partial charge in [-0.05, 0) is 43.7 Å². The molecule has 5 rings (SSSR count). The maximum Gasteiger partial charge on any atom is 0.433 e. The van der Waals surface area contributed by atoms with E-state index < -0.39 is 11.9 Å². The Labute approximate surface area is 204 Å². The third-order valence-corrected chi connectivity index (χ3v) is 6.28. The number of nitrogens with zero attached hydrogens (tertiary/aromatic N) is 6. The van der Waals surface area contributed by atoms with Gasteiger partial charge in [-0.3, -0.25) is 19.3 Å². The normalized spacial score (nSPS) is 16.5. The lowest BCUT2D eigenvalue weighted by atomic mass is 10.1. The number of anilines is 1. The molecule has 0 radical (unpaired) electrons. The zero-order chi connectivity index (χ0) is 25.6. The summed E-state index contributed by atoms with van der Waals surface area (Å²) >= 11 is 0. The minimum absolute atomic E-state index is 0.215. The molecular formula is C25H23F3N6O2. The van der Waals surface area contributed by atoms with E-state index in [4.69, 9.17) is 9.72 Å². The van der Waals surface area contributed by atoms with Gasteiger partial charge in [0.25, 0.3) is 5.56 Å². The number of rotatable bonds is 3. The van der Waals surface area contributed by atoms with Gasteiger partial charge in [-0.1, -0.05) is 0 Å². The number of aromatic nitrogens is 5. The minimum atomic E-state index is -4.57. The first-order chi connectivity index (χ1) is 17.1. The van der Waals surface area contributed by atoms with Crippen LogP contribution in [0.1, 0.15) is 28.9 Å². The molecule has 1 aliphatic heterocycles. The van der Waals surface area contributed by atoms with E-state index >= 15 is 0 Å². The second-order valence-electron chi connectivity index (χ2n) is 8.71. The summed E-state index contributed by atoms with van der Waals surface area (Å²) in [6.07, 6.45) is -1.96. The van der Waals surface area contributed by atoms with Gasteiger partial charge in [-0.2, -0.15) is 13.2 Å². The van der Waals surface area contributed by atoms with Crippen LogP contribution < -0.4 is 10.5 Å². The van der Waals surface area contributed by atoms with E-state index in [0.717, 1.165) is 23.5 Å². The van der Waals surface area contributed by atoms with Crippen molar-refractivity contribution in [3.63, 3.8) is 0 Å². The van der Waals surface area contributed by atoms with Crippen LogP contribution in [0.5, 0.6) is 0 Å². The Bertz CT molecular complexity index is 1500. The van der Waals surface area contributed by atoms with Crippen molar-refractivity contribution in [3.05, 3.63) is 75.9 Å². The standard InChI is InChI=1S/C25H23F3N6O2/c1-14-10-16(6-7-29-14)19-13-34(8-9-36-19)21-11-18-22(24(35)33(3)15(2)31-18)23(32-21)17-4-5-20(30-12-17)25(26,27)28/h4-7,10-12,19H,8-9,13H2,1-3H3/t19-/m1/s1. The fourth-order valence-electron chi connectivity index (χ4n) is 4.28. The molecule has 1 saturated heterocycles. The molecule has 0 spiro atoms. The second-order valence-corrected chi connectivity index (χ2v) is 8.71. The summed E-state index contributed by atoms with van der Waals surface area (Å²) in [5.41, 5.74) is 1.47. The van der Waals surface area contributed by atoms with Gasteiger partial charge in [-0.15, -0.1) is 0 Å². The molecule has 0 unspecified atom stereocenters. The second kappa shape index (κ2) is 8.98. The van der Waals surface area contributed by atoms with Crippen molar-refractivity contribution in [2.24, 2.45) is 7.05 Å². The third kappa shape index (κ3) is 4.41. The predicted octanol–water partition coefficient (Wildman–Crippen LogP) is 4.00. The molecule has 1 atom stereocenters. The number of morpholine rings is 1. The average Bonchev–Trinajstić information content (AvgIpc) is 2.86. The van der Waals surface area contributed by atoms with Gasteiger partial charge < -0.3 is 9.64 Å². The lowest BCUT2D eigenvalue weighted by molar-refractivity contribution is -0.141. The van der Waals surface area contributed by atoms with E-state index in [1.807, 2.05) is 24.0 Å². The number of aryl methyl sites for hydroxylation is 2. The molecule has 36 heavy (non-hydrogen) atoms. The number of fused-ring (bicyclic) bond motifs is 1. The van der Waals surface area contributed by atoms with Gasteiger partial charge in [0.15, 0.2) is 0 Å². The molecule has 0 saturated carbocycles. The predicted molar refractivity (Wildman–Crippen MR) is 128 cm³/mol. The molecule has 5 heterocycles. The summed E-state index contributed by atoms with van der Waals surface area (Å²) in [6, 6.07) is 7.78. The van der Waals surface area contributed by atoms with E-state index in [2.05, 4.69) is 15.0 Å². The molecule has 1 fully saturated rings. The summed E-state index contributed by atoms with van der Waals surface area (Å²) in [7, 11) is 1.59. The molecule has 0 aliphatic carbocycles. The quantitative estimate of drug-likeness (QED) is 0.424. The summed E-state index contributed by atoms with van der Waals surface area (Å²) in [4.78, 5) is 32.3. The summed E-state index contributed by atoms with van der Waals surface area (Å²) < 4.78 is 46.6. The highest BCUT2D eigenvalue weighted by atomic mass is 19.4. The first-order valence-corrected chi connectivity index (χ1v) is 11.3. The van der Waals surface area contributed by atoms with E-state index in [9.17, 15) is 18.0 Å². The fourth-order valence-corrected chi connectivity index (χ4v) is 4.28. The molecule has 4 aromatic heterocycles. The van der Waals surface area contributed by atoms with Crippen molar-refractivity contribution in [1.29, 1.82) is 0 Å². The van der Waals surface area contributed by atoms with Crippen LogP contribution in [-0.2, 0) is 18.0 Å². The smallest absolute Gasteiger partial charge is 0.370 e. The molecule has 8 nitrogen and oxygen atoms in total. The van der Waals surface area contributed by atoms with Crippen molar-refractivity contribution in [1.82, 2.24) is 24.5 Å². The molecule has 4 aromatic rings. The number of ether oxygens (including phenoxy) is 1. The van der Waals surface area contributed by atoms with Crippen molar-refractivity contribution in [2.45, 2.75) is 26.1 Å². The molecule has 1 aliphatic rings. The lowest BCUT2D eigenvalue weighted by Crippen LogP contribution is -2.39. The first kappa shape index (κ1) is 23.9. The third-order valence-electron chi connectivity index (χ3n) is 6.28. The molecular weight excluding hydrogens is 473 g/mol. The Morgan fingerprint density at radius 2 is 1.89 bits per heavy atom. The molecule has 0 bridgehead atoms. The Morgan fingerprint density at radius 1 is 1.08 bits per heavy atom. The molecule has 11 heteroatoms. The topological polar surface area (TPSA) is 86.0 Å². The summed E-state index contributed by atoms with van der Waals surface area (Å²) in [5.74, 6) is 1.06. The van der Waals surface area contributed by atoms with Crippen LogP contribution in [0.2, 0.25) is 0 Å². The molecule has 0 N–H and O–H groups in total. The minimum Gasteiger partial charge on any atom is -0.370 e. The zero-order valence-electron chi connectivity index (χ0n) is 19.9. The maximum absolute atomic E-state index is 13.2. The summed E-state index contributed by atoms with van der Waals surface area (Å²) in [6.45, 7) is 5.13. The molecule has 186 valence electrons. The zero-order valence-corrected chi connectivity index (χ0v) is 19.9. The van der Waals surface area contributed by atoms with E-state index in [1.165, 1.54) is 10.6 Å². The van der Waals surface area contributed by atoms with Crippen LogP contribution in [-0.4, -0.2) is 44.2 Å². The van der Waals surface area contributed by atoms with Crippen LogP contribution in [0.25, 0.3) is 22.2 Å². The van der Waals surface area contributed by atoms with Crippen molar-refractivity contribution in [2.75, 3.05) is 24.6 Å². The van der Waals surface area contributed by atoms with Gasteiger partial charge in [0.2, 0.25) is 0 Å². The highest BCUT2D eigenvalue weighted by molar-refractivity contribution is 5.93. The van der Waals surface area contributed by atoms with Crippen LogP contribution in [0.4, 0.5) is 19.0 Å². The van der Waals surface area contributed by atoms with E-state index in [0.29, 0.717) is 42.4 Å². The Kier molecular flexibility index (Phi) is 5.95. The SMILES string of the molecule is Cc1cc([C@H]2CN(c3cc4nc(C)n(C)c(=O)c4c(-c4ccc(C(F)(F)F)nc4)n3)CCO2)ccn1. The number of pyridine rings is 3. The van der Waals surface area contributed by atoms with Crippen LogP contribution >= 0.6 is 0 Å². The first-order valence-electron chi connectivity index (χ1n) is 11.3. The fraction of sp³-hybridized carbons (Fsp3) is 0.320. The summed E-state index contributed by atoms with van der Waals surface area (Å²) in [5, 5.41) is 0.225. The Balaban J connectivity index is 1.62. The van der Waals surface area contributed by atoms with Crippen molar-refractivity contribution in [3.8, 4) is 11.3 Å². The lowest BCUT2D eigenvalue weighted by Gasteiger charge is -2.34. The largest absolute Gasteiger partial charge is 0.433 e. The maximum atomic E-state index is 13.2. The van der Waals surface area contributed by atoms with Gasteiger partial charge in [0, 0.05) is 49.9 Å². The number of alkyl halides is 3. The van der Waals surface area contributed by atoms with Gasteiger partial charge in [-0.25, -0.2) is 9.97 Å². The Morgan fingerprint density at radius 3 is 2.58 bits per heavy atom. The van der Waals surface area contributed by atoms with Crippen LogP contribution in [0, 0.1) is 13.8 Å². The average molecular weight is 496 g/mol. The van der Waals surface area contributed by atoms with Crippen LogP contribution in [0.15, 0.2) is 47.5 Å². The van der Waals surface area contributed by atoms with Gasteiger partial charge in [0.1, 0.15) is 23.4 Å². The molecule has 0 amide bonds. The molecule has 0 aromatic carbocycles. The highest BCUT2D eigenvalue weighted by Crippen LogP contribution is 2.33. The monoisotopic (exact) mass is 496 g/mol. The van der Waals surface area contributed by atoms with Gasteiger partial charge >= 0.3 is 6.18 Å². The number of halogens is 3. The van der Waals surface area contributed by atoms with Crippen molar-refractivity contribution >= 4 is 16.7 Å². The van der Waals surface area contributed by atoms with E-state index in [-0.39, 0.29) is 22.7 Å². The number of hydrogen-bond donors (Lipinski definition) is 0.